The molecule has 0 amide bonds. The molecule has 132 valence electrons. The Hall–Kier alpha value is -2.91. The van der Waals surface area contributed by atoms with Gasteiger partial charge in [0.2, 0.25) is 0 Å². The van der Waals surface area contributed by atoms with E-state index in [1.807, 2.05) is 24.5 Å². The molecule has 3 heteroatoms. The number of nitrogens with zero attached hydrogens (tertiary/aromatic N) is 2. The van der Waals surface area contributed by atoms with E-state index in [1.54, 1.807) is 0 Å². The van der Waals surface area contributed by atoms with Crippen molar-refractivity contribution in [3.05, 3.63) is 107 Å². The van der Waals surface area contributed by atoms with Crippen molar-refractivity contribution in [3.8, 4) is 11.1 Å². The minimum absolute atomic E-state index is 1.08. The molecule has 0 spiro atoms. The van der Waals surface area contributed by atoms with Gasteiger partial charge in [-0.1, -0.05) is 57.9 Å². The minimum Gasteiger partial charge on any atom is -0.310 e. The summed E-state index contributed by atoms with van der Waals surface area (Å²) >= 11 is 3.51. The summed E-state index contributed by atoms with van der Waals surface area (Å²) in [6.45, 7) is 2.11. The van der Waals surface area contributed by atoms with Gasteiger partial charge < -0.3 is 4.90 Å². The van der Waals surface area contributed by atoms with Crippen molar-refractivity contribution in [2.24, 2.45) is 0 Å². The van der Waals surface area contributed by atoms with Crippen molar-refractivity contribution in [1.29, 1.82) is 0 Å². The first kappa shape index (κ1) is 17.5. The number of hydrogen-bond donors (Lipinski definition) is 0. The summed E-state index contributed by atoms with van der Waals surface area (Å²) < 4.78 is 1.08. The summed E-state index contributed by atoms with van der Waals surface area (Å²) in [5, 5.41) is 0. The number of aryl methyl sites for hydroxylation is 1. The molecule has 1 heterocycles. The lowest BCUT2D eigenvalue weighted by Crippen LogP contribution is -2.10. The molecule has 0 aliphatic rings. The van der Waals surface area contributed by atoms with E-state index in [2.05, 4.69) is 106 Å². The number of aromatic nitrogens is 1. The van der Waals surface area contributed by atoms with E-state index >= 15 is 0 Å². The number of halogens is 1. The lowest BCUT2D eigenvalue weighted by molar-refractivity contribution is 1.24. The Labute approximate surface area is 168 Å². The summed E-state index contributed by atoms with van der Waals surface area (Å²) in [5.74, 6) is 0. The van der Waals surface area contributed by atoms with Crippen molar-refractivity contribution < 1.29 is 0 Å². The maximum atomic E-state index is 4.17. The highest BCUT2D eigenvalue weighted by atomic mass is 79.9. The van der Waals surface area contributed by atoms with Crippen LogP contribution in [0.3, 0.4) is 0 Å². The quantitative estimate of drug-likeness (QED) is 0.348. The van der Waals surface area contributed by atoms with Gasteiger partial charge in [0.15, 0.2) is 0 Å². The van der Waals surface area contributed by atoms with Crippen LogP contribution in [-0.4, -0.2) is 4.98 Å². The lowest BCUT2D eigenvalue weighted by atomic mass is 10.0. The molecule has 1 aromatic heterocycles. The highest BCUT2D eigenvalue weighted by molar-refractivity contribution is 9.10. The summed E-state index contributed by atoms with van der Waals surface area (Å²) in [6, 6.07) is 29.7. The first-order valence-corrected chi connectivity index (χ1v) is 9.63. The van der Waals surface area contributed by atoms with Crippen molar-refractivity contribution >= 4 is 33.0 Å². The van der Waals surface area contributed by atoms with Crippen LogP contribution in [0.2, 0.25) is 0 Å². The second-order valence-corrected chi connectivity index (χ2v) is 7.35. The van der Waals surface area contributed by atoms with Gasteiger partial charge in [-0.3, -0.25) is 4.98 Å². The zero-order chi connectivity index (χ0) is 18.6. The molecular formula is C24H19BrN2. The van der Waals surface area contributed by atoms with Crippen LogP contribution in [0.15, 0.2) is 102 Å². The van der Waals surface area contributed by atoms with E-state index in [0.717, 1.165) is 21.5 Å². The SMILES string of the molecule is Cc1ccc(N(c2ccncc2)c2cccc(-c3ccc(Br)cc3)c2)cc1. The fourth-order valence-electron chi connectivity index (χ4n) is 3.10. The Kier molecular flexibility index (Phi) is 5.03. The number of hydrogen-bond acceptors (Lipinski definition) is 2. The molecule has 4 rings (SSSR count). The Bertz CT molecular complexity index is 1030. The molecule has 0 radical (unpaired) electrons. The van der Waals surface area contributed by atoms with Crippen LogP contribution in [0.1, 0.15) is 5.56 Å². The van der Waals surface area contributed by atoms with Crippen molar-refractivity contribution in [2.45, 2.75) is 6.92 Å². The molecular weight excluding hydrogens is 396 g/mol. The molecule has 0 atom stereocenters. The van der Waals surface area contributed by atoms with E-state index < -0.39 is 0 Å². The van der Waals surface area contributed by atoms with Gasteiger partial charge in [0.25, 0.3) is 0 Å². The van der Waals surface area contributed by atoms with E-state index in [0.29, 0.717) is 0 Å². The Morgan fingerprint density at radius 2 is 1.33 bits per heavy atom. The molecule has 0 saturated carbocycles. The number of pyridine rings is 1. The summed E-state index contributed by atoms with van der Waals surface area (Å²) in [7, 11) is 0. The smallest absolute Gasteiger partial charge is 0.0492 e. The first-order valence-electron chi connectivity index (χ1n) is 8.83. The predicted molar refractivity (Wildman–Crippen MR) is 117 cm³/mol. The van der Waals surface area contributed by atoms with Gasteiger partial charge in [-0.15, -0.1) is 0 Å². The number of rotatable bonds is 4. The van der Waals surface area contributed by atoms with Gasteiger partial charge in [0, 0.05) is 33.9 Å². The summed E-state index contributed by atoms with van der Waals surface area (Å²) in [6.07, 6.45) is 3.66. The van der Waals surface area contributed by atoms with Crippen LogP contribution in [0.5, 0.6) is 0 Å². The van der Waals surface area contributed by atoms with Crippen LogP contribution in [-0.2, 0) is 0 Å². The zero-order valence-corrected chi connectivity index (χ0v) is 16.6. The first-order chi connectivity index (χ1) is 13.2. The largest absolute Gasteiger partial charge is 0.310 e. The Morgan fingerprint density at radius 3 is 2.04 bits per heavy atom. The molecule has 4 aromatic rings. The predicted octanol–water partition coefficient (Wildman–Crippen LogP) is 7.29. The highest BCUT2D eigenvalue weighted by Crippen LogP contribution is 2.36. The molecule has 0 fully saturated rings. The van der Waals surface area contributed by atoms with E-state index in [1.165, 1.54) is 16.7 Å². The fraction of sp³-hybridized carbons (Fsp3) is 0.0417. The molecule has 0 N–H and O–H groups in total. The third kappa shape index (κ3) is 3.93. The van der Waals surface area contributed by atoms with Crippen molar-refractivity contribution in [1.82, 2.24) is 4.98 Å². The number of anilines is 3. The molecule has 0 aliphatic carbocycles. The van der Waals surface area contributed by atoms with Gasteiger partial charge in [-0.25, -0.2) is 0 Å². The fourth-order valence-corrected chi connectivity index (χ4v) is 3.37. The standard InChI is InChI=1S/C24H19BrN2/c1-18-5-11-22(12-6-18)27(23-13-15-26-16-14-23)24-4-2-3-20(17-24)19-7-9-21(25)10-8-19/h2-17H,1H3. The van der Waals surface area contributed by atoms with E-state index in [9.17, 15) is 0 Å². The van der Waals surface area contributed by atoms with E-state index in [4.69, 9.17) is 0 Å². The van der Waals surface area contributed by atoms with Crippen LogP contribution in [0.4, 0.5) is 17.1 Å². The molecule has 27 heavy (non-hydrogen) atoms. The van der Waals surface area contributed by atoms with Crippen LogP contribution >= 0.6 is 15.9 Å². The second kappa shape index (κ2) is 7.77. The Morgan fingerprint density at radius 1 is 0.667 bits per heavy atom. The average molecular weight is 415 g/mol. The topological polar surface area (TPSA) is 16.1 Å². The van der Waals surface area contributed by atoms with Crippen molar-refractivity contribution in [2.75, 3.05) is 4.90 Å². The van der Waals surface area contributed by atoms with Crippen LogP contribution in [0.25, 0.3) is 11.1 Å². The van der Waals surface area contributed by atoms with Crippen LogP contribution in [0, 0.1) is 6.92 Å². The van der Waals surface area contributed by atoms with Crippen molar-refractivity contribution in [3.63, 3.8) is 0 Å². The summed E-state index contributed by atoms with van der Waals surface area (Å²) in [4.78, 5) is 6.42. The highest BCUT2D eigenvalue weighted by Gasteiger charge is 2.13. The van der Waals surface area contributed by atoms with Crippen LogP contribution < -0.4 is 4.90 Å². The summed E-state index contributed by atoms with van der Waals surface area (Å²) in [5.41, 5.74) is 6.95. The molecule has 3 aromatic carbocycles. The average Bonchev–Trinajstić information content (AvgIpc) is 2.71. The van der Waals surface area contributed by atoms with Gasteiger partial charge in [-0.2, -0.15) is 0 Å². The molecule has 0 aliphatic heterocycles. The molecule has 2 nitrogen and oxygen atoms in total. The monoisotopic (exact) mass is 414 g/mol. The third-order valence-corrected chi connectivity index (χ3v) is 5.02. The normalized spacial score (nSPS) is 10.6. The lowest BCUT2D eigenvalue weighted by Gasteiger charge is -2.26. The van der Waals surface area contributed by atoms with Gasteiger partial charge >= 0.3 is 0 Å². The van der Waals surface area contributed by atoms with Gasteiger partial charge in [0.05, 0.1) is 0 Å². The van der Waals surface area contributed by atoms with Gasteiger partial charge in [-0.05, 0) is 66.6 Å². The maximum Gasteiger partial charge on any atom is 0.0492 e. The second-order valence-electron chi connectivity index (χ2n) is 6.43. The van der Waals surface area contributed by atoms with Gasteiger partial charge in [0.1, 0.15) is 0 Å². The zero-order valence-electron chi connectivity index (χ0n) is 15.0. The molecule has 0 saturated heterocycles. The Balaban J connectivity index is 1.82. The third-order valence-electron chi connectivity index (χ3n) is 4.50. The molecule has 0 unspecified atom stereocenters. The van der Waals surface area contributed by atoms with E-state index in [-0.39, 0.29) is 0 Å². The minimum atomic E-state index is 1.08. The molecule has 0 bridgehead atoms. The number of benzene rings is 3. The maximum absolute atomic E-state index is 4.17.